The summed E-state index contributed by atoms with van der Waals surface area (Å²) in [7, 11) is -3.69. The van der Waals surface area contributed by atoms with Crippen molar-refractivity contribution in [3.05, 3.63) is 65.6 Å². The van der Waals surface area contributed by atoms with Gasteiger partial charge in [0.05, 0.1) is 16.8 Å². The van der Waals surface area contributed by atoms with E-state index in [0.29, 0.717) is 17.0 Å². The molecule has 2 heterocycles. The van der Waals surface area contributed by atoms with Gasteiger partial charge in [0, 0.05) is 41.6 Å². The molecule has 2 N–H and O–H groups in total. The van der Waals surface area contributed by atoms with E-state index >= 15 is 0 Å². The second-order valence-electron chi connectivity index (χ2n) is 9.18. The van der Waals surface area contributed by atoms with Gasteiger partial charge in [0.2, 0.25) is 0 Å². The summed E-state index contributed by atoms with van der Waals surface area (Å²) in [6, 6.07) is 15.0. The lowest BCUT2D eigenvalue weighted by molar-refractivity contribution is 0.324. The molecule has 2 aromatic heterocycles. The van der Waals surface area contributed by atoms with E-state index in [1.807, 2.05) is 24.3 Å². The summed E-state index contributed by atoms with van der Waals surface area (Å²) in [5, 5.41) is 11.1. The van der Waals surface area contributed by atoms with Crippen molar-refractivity contribution in [2.24, 2.45) is 0 Å². The standard InChI is InChI=1S/C26H25ClN6O3S/c1-16(2)31-37(34,35)32-18-8-6-17(7-9-18)24-22(15-28)21-11-10-20(36-26-25(27)29-12-13-30-26)14-23(21)33(24)19-4-3-5-19/h6-14,16,19,31-32H,3-5H2,1-2H3. The Hall–Kier alpha value is -3.65. The molecule has 1 saturated carbocycles. The number of nitrogens with zero attached hydrogens (tertiary/aromatic N) is 4. The number of nitrogens with one attached hydrogen (secondary N) is 2. The molecule has 4 aromatic rings. The second-order valence-corrected chi connectivity index (χ2v) is 11.0. The minimum Gasteiger partial charge on any atom is -0.436 e. The average molecular weight is 537 g/mol. The molecule has 1 aliphatic carbocycles. The SMILES string of the molecule is CC(C)NS(=O)(=O)Nc1ccc(-c2c(C#N)c3ccc(Oc4nccnc4Cl)cc3n2C2CCC2)cc1. The lowest BCUT2D eigenvalue weighted by Gasteiger charge is -2.30. The molecule has 0 saturated heterocycles. The van der Waals surface area contributed by atoms with Gasteiger partial charge in [-0.3, -0.25) is 4.72 Å². The lowest BCUT2D eigenvalue weighted by atomic mass is 9.92. The maximum atomic E-state index is 12.3. The molecule has 0 atom stereocenters. The van der Waals surface area contributed by atoms with Crippen LogP contribution < -0.4 is 14.2 Å². The quantitative estimate of drug-likeness (QED) is 0.293. The van der Waals surface area contributed by atoms with Crippen molar-refractivity contribution in [2.75, 3.05) is 4.72 Å². The molecule has 190 valence electrons. The normalized spacial score (nSPS) is 13.9. The Kier molecular flexibility index (Phi) is 6.77. The van der Waals surface area contributed by atoms with Gasteiger partial charge >= 0.3 is 0 Å². The van der Waals surface area contributed by atoms with Gasteiger partial charge in [-0.25, -0.2) is 9.97 Å². The van der Waals surface area contributed by atoms with Crippen LogP contribution in [0, 0.1) is 11.3 Å². The van der Waals surface area contributed by atoms with Gasteiger partial charge in [0.25, 0.3) is 16.1 Å². The highest BCUT2D eigenvalue weighted by Gasteiger charge is 2.28. The maximum Gasteiger partial charge on any atom is 0.299 e. The molecule has 0 bridgehead atoms. The zero-order valence-corrected chi connectivity index (χ0v) is 21.8. The Morgan fingerprint density at radius 2 is 1.86 bits per heavy atom. The molecule has 9 nitrogen and oxygen atoms in total. The van der Waals surface area contributed by atoms with Crippen molar-refractivity contribution >= 4 is 38.4 Å². The average Bonchev–Trinajstić information content (AvgIpc) is 3.12. The Morgan fingerprint density at radius 3 is 2.49 bits per heavy atom. The molecule has 0 spiro atoms. The summed E-state index contributed by atoms with van der Waals surface area (Å²) in [5.74, 6) is 0.738. The van der Waals surface area contributed by atoms with E-state index in [0.717, 1.165) is 41.4 Å². The van der Waals surface area contributed by atoms with Crippen LogP contribution >= 0.6 is 11.6 Å². The first-order valence-corrected chi connectivity index (χ1v) is 13.7. The van der Waals surface area contributed by atoms with Crippen molar-refractivity contribution in [3.63, 3.8) is 0 Å². The van der Waals surface area contributed by atoms with Gasteiger partial charge in [-0.2, -0.15) is 18.4 Å². The molecule has 5 rings (SSSR count). The minimum absolute atomic E-state index is 0.162. The van der Waals surface area contributed by atoms with Gasteiger partial charge in [-0.05, 0) is 62.9 Å². The van der Waals surface area contributed by atoms with E-state index in [9.17, 15) is 13.7 Å². The molecule has 37 heavy (non-hydrogen) atoms. The number of halogens is 1. The Morgan fingerprint density at radius 1 is 1.14 bits per heavy atom. The third-order valence-corrected chi connectivity index (χ3v) is 7.71. The van der Waals surface area contributed by atoms with Crippen molar-refractivity contribution in [3.8, 4) is 29.0 Å². The largest absolute Gasteiger partial charge is 0.436 e. The van der Waals surface area contributed by atoms with Crippen LogP contribution in [0.25, 0.3) is 22.2 Å². The van der Waals surface area contributed by atoms with Gasteiger partial charge in [0.15, 0.2) is 5.15 Å². The number of anilines is 1. The zero-order valence-electron chi connectivity index (χ0n) is 20.3. The summed E-state index contributed by atoms with van der Waals surface area (Å²) in [6.07, 6.45) is 6.11. The first kappa shape index (κ1) is 25.0. The predicted molar refractivity (Wildman–Crippen MR) is 143 cm³/mol. The van der Waals surface area contributed by atoms with Crippen molar-refractivity contribution in [1.82, 2.24) is 19.3 Å². The third kappa shape index (κ3) is 5.11. The molecule has 0 unspecified atom stereocenters. The highest BCUT2D eigenvalue weighted by Crippen LogP contribution is 2.43. The molecule has 1 aliphatic rings. The van der Waals surface area contributed by atoms with Crippen LogP contribution in [0.3, 0.4) is 0 Å². The number of hydrogen-bond donors (Lipinski definition) is 2. The van der Waals surface area contributed by atoms with Gasteiger partial charge < -0.3 is 9.30 Å². The Balaban J connectivity index is 1.57. The molecule has 0 amide bonds. The second kappa shape index (κ2) is 10.0. The van der Waals surface area contributed by atoms with Crippen LogP contribution in [0.4, 0.5) is 5.69 Å². The van der Waals surface area contributed by atoms with Crippen LogP contribution in [0.2, 0.25) is 5.15 Å². The number of ether oxygens (including phenoxy) is 1. The van der Waals surface area contributed by atoms with Crippen LogP contribution in [0.15, 0.2) is 54.9 Å². The van der Waals surface area contributed by atoms with Crippen molar-refractivity contribution in [2.45, 2.75) is 45.2 Å². The number of aromatic nitrogens is 3. The van der Waals surface area contributed by atoms with Gasteiger partial charge in [-0.1, -0.05) is 23.7 Å². The monoisotopic (exact) mass is 536 g/mol. The van der Waals surface area contributed by atoms with Gasteiger partial charge in [0.1, 0.15) is 11.8 Å². The summed E-state index contributed by atoms with van der Waals surface area (Å²) in [5.41, 5.74) is 3.48. The van der Waals surface area contributed by atoms with E-state index in [4.69, 9.17) is 16.3 Å². The molecule has 0 radical (unpaired) electrons. The van der Waals surface area contributed by atoms with E-state index in [1.54, 1.807) is 32.0 Å². The summed E-state index contributed by atoms with van der Waals surface area (Å²) < 4.78 is 37.7. The van der Waals surface area contributed by atoms with Crippen LogP contribution in [-0.4, -0.2) is 29.0 Å². The molecule has 0 aliphatic heterocycles. The molecule has 11 heteroatoms. The maximum absolute atomic E-state index is 12.3. The van der Waals surface area contributed by atoms with Crippen molar-refractivity contribution in [1.29, 1.82) is 5.26 Å². The molecule has 2 aromatic carbocycles. The highest BCUT2D eigenvalue weighted by atomic mass is 35.5. The van der Waals surface area contributed by atoms with Crippen LogP contribution in [-0.2, 0) is 10.2 Å². The summed E-state index contributed by atoms with van der Waals surface area (Å²) in [4.78, 5) is 8.15. The smallest absolute Gasteiger partial charge is 0.299 e. The molecular formula is C26H25ClN6O3S. The number of benzene rings is 2. The predicted octanol–water partition coefficient (Wildman–Crippen LogP) is 5.80. The summed E-state index contributed by atoms with van der Waals surface area (Å²) >= 11 is 6.12. The van der Waals surface area contributed by atoms with Gasteiger partial charge in [-0.15, -0.1) is 0 Å². The first-order chi connectivity index (χ1) is 17.8. The van der Waals surface area contributed by atoms with Crippen LogP contribution in [0.1, 0.15) is 44.7 Å². The fourth-order valence-electron chi connectivity index (χ4n) is 4.45. The minimum atomic E-state index is -3.69. The van der Waals surface area contributed by atoms with Crippen molar-refractivity contribution < 1.29 is 13.2 Å². The summed E-state index contributed by atoms with van der Waals surface area (Å²) in [6.45, 7) is 3.51. The number of fused-ring (bicyclic) bond motifs is 1. The first-order valence-electron chi connectivity index (χ1n) is 11.9. The molecular weight excluding hydrogens is 512 g/mol. The Bertz CT molecular complexity index is 1610. The van der Waals surface area contributed by atoms with E-state index < -0.39 is 10.2 Å². The molecule has 1 fully saturated rings. The van der Waals surface area contributed by atoms with E-state index in [2.05, 4.69) is 30.0 Å². The lowest BCUT2D eigenvalue weighted by Crippen LogP contribution is -2.35. The zero-order chi connectivity index (χ0) is 26.2. The fraction of sp³-hybridized carbons (Fsp3) is 0.269. The van der Waals surface area contributed by atoms with E-state index in [-0.39, 0.29) is 23.1 Å². The Labute approximate surface area is 220 Å². The van der Waals surface area contributed by atoms with Crippen LogP contribution in [0.5, 0.6) is 11.6 Å². The third-order valence-electron chi connectivity index (χ3n) is 6.17. The number of nitriles is 1. The fourth-order valence-corrected chi connectivity index (χ4v) is 5.72. The topological polar surface area (TPSA) is 122 Å². The van der Waals surface area contributed by atoms with E-state index in [1.165, 1.54) is 12.4 Å². The number of hydrogen-bond acceptors (Lipinski definition) is 6. The highest BCUT2D eigenvalue weighted by molar-refractivity contribution is 7.90. The number of rotatable bonds is 8.